The van der Waals surface area contributed by atoms with Crippen molar-refractivity contribution in [3.05, 3.63) is 22.4 Å². The van der Waals surface area contributed by atoms with E-state index in [1.165, 1.54) is 4.31 Å². The summed E-state index contributed by atoms with van der Waals surface area (Å²) in [4.78, 5) is 4.21. The first kappa shape index (κ1) is 13.8. The summed E-state index contributed by atoms with van der Waals surface area (Å²) >= 11 is 3.34. The Morgan fingerprint density at radius 2 is 2.17 bits per heavy atom. The van der Waals surface area contributed by atoms with E-state index in [0.29, 0.717) is 18.2 Å². The van der Waals surface area contributed by atoms with Crippen LogP contribution in [0.25, 0.3) is 0 Å². The van der Waals surface area contributed by atoms with Crippen LogP contribution in [0.4, 0.5) is 5.69 Å². The molecule has 0 amide bonds. The molecule has 6 heteroatoms. The molecule has 2 heterocycles. The van der Waals surface area contributed by atoms with Gasteiger partial charge in [-0.3, -0.25) is 9.29 Å². The van der Waals surface area contributed by atoms with E-state index in [9.17, 15) is 8.42 Å². The van der Waals surface area contributed by atoms with Gasteiger partial charge < -0.3 is 0 Å². The smallest absolute Gasteiger partial charge is 0.235 e. The number of anilines is 1. The first-order chi connectivity index (χ1) is 8.31. The summed E-state index contributed by atoms with van der Waals surface area (Å²) in [6.07, 6.45) is 1.68. The van der Waals surface area contributed by atoms with E-state index in [2.05, 4.69) is 34.8 Å². The summed E-state index contributed by atoms with van der Waals surface area (Å²) in [7, 11) is -3.20. The fourth-order valence-corrected chi connectivity index (χ4v) is 4.57. The van der Waals surface area contributed by atoms with E-state index in [1.54, 1.807) is 6.20 Å². The molecule has 2 rings (SSSR count). The van der Waals surface area contributed by atoms with Crippen molar-refractivity contribution in [3.63, 3.8) is 0 Å². The van der Waals surface area contributed by atoms with Gasteiger partial charge in [0.25, 0.3) is 0 Å². The summed E-state index contributed by atoms with van der Waals surface area (Å²) in [6, 6.07) is 1.82. The predicted molar refractivity (Wildman–Crippen MR) is 76.1 cm³/mol. The first-order valence-corrected chi connectivity index (χ1v) is 8.34. The molecule has 1 aliphatic heterocycles. The molecule has 0 saturated carbocycles. The SMILES string of the molecule is Cc1ncc(Br)cc1N1CC(C(C)C)CS1(=O)=O. The molecule has 0 aliphatic carbocycles. The molecule has 1 unspecified atom stereocenters. The second-order valence-corrected chi connectivity index (χ2v) is 7.93. The predicted octanol–water partition coefficient (Wildman–Crippen LogP) is 2.57. The van der Waals surface area contributed by atoms with Gasteiger partial charge in [-0.1, -0.05) is 13.8 Å². The van der Waals surface area contributed by atoms with Gasteiger partial charge in [-0.05, 0) is 40.8 Å². The minimum atomic E-state index is -3.20. The molecular weight excluding hydrogens is 316 g/mol. The molecule has 0 spiro atoms. The highest BCUT2D eigenvalue weighted by atomic mass is 79.9. The van der Waals surface area contributed by atoms with Gasteiger partial charge in [-0.25, -0.2) is 8.42 Å². The number of hydrogen-bond donors (Lipinski definition) is 0. The second kappa shape index (κ2) is 4.81. The van der Waals surface area contributed by atoms with Crippen molar-refractivity contribution in [2.75, 3.05) is 16.6 Å². The van der Waals surface area contributed by atoms with Gasteiger partial charge in [0.1, 0.15) is 0 Å². The number of hydrogen-bond acceptors (Lipinski definition) is 3. The molecule has 100 valence electrons. The second-order valence-electron chi connectivity index (χ2n) is 5.07. The summed E-state index contributed by atoms with van der Waals surface area (Å²) in [6.45, 7) is 6.52. The summed E-state index contributed by atoms with van der Waals surface area (Å²) in [5.41, 5.74) is 1.43. The maximum absolute atomic E-state index is 12.2. The molecule has 18 heavy (non-hydrogen) atoms. The van der Waals surface area contributed by atoms with Crippen molar-refractivity contribution >= 4 is 31.6 Å². The number of sulfonamides is 1. The quantitative estimate of drug-likeness (QED) is 0.836. The molecule has 1 fully saturated rings. The molecular formula is C12H17BrN2O2S. The molecule has 0 aromatic carbocycles. The summed E-state index contributed by atoms with van der Waals surface area (Å²) in [5, 5.41) is 0. The van der Waals surface area contributed by atoms with Crippen molar-refractivity contribution in [1.29, 1.82) is 0 Å². The van der Waals surface area contributed by atoms with E-state index in [0.717, 1.165) is 10.2 Å². The molecule has 4 nitrogen and oxygen atoms in total. The van der Waals surface area contributed by atoms with E-state index in [4.69, 9.17) is 0 Å². The van der Waals surface area contributed by atoms with Gasteiger partial charge in [-0.2, -0.15) is 0 Å². The number of halogens is 1. The lowest BCUT2D eigenvalue weighted by Gasteiger charge is -2.20. The van der Waals surface area contributed by atoms with Crippen LogP contribution in [0.1, 0.15) is 19.5 Å². The third kappa shape index (κ3) is 2.54. The molecule has 1 atom stereocenters. The minimum Gasteiger partial charge on any atom is -0.268 e. The Morgan fingerprint density at radius 1 is 1.50 bits per heavy atom. The maximum Gasteiger partial charge on any atom is 0.235 e. The Labute approximate surface area is 117 Å². The minimum absolute atomic E-state index is 0.188. The fourth-order valence-electron chi connectivity index (χ4n) is 2.14. The van der Waals surface area contributed by atoms with Crippen LogP contribution in [0, 0.1) is 18.8 Å². The molecule has 0 bridgehead atoms. The van der Waals surface area contributed by atoms with Crippen LogP contribution in [-0.2, 0) is 10.0 Å². The van der Waals surface area contributed by atoms with E-state index < -0.39 is 10.0 Å². The molecule has 0 radical (unpaired) electrons. The van der Waals surface area contributed by atoms with Crippen molar-refractivity contribution in [3.8, 4) is 0 Å². The average molecular weight is 333 g/mol. The van der Waals surface area contributed by atoms with Gasteiger partial charge in [0.2, 0.25) is 10.0 Å². The standard InChI is InChI=1S/C12H17BrN2O2S/c1-8(2)10-6-15(18(16,17)7-10)12-4-11(13)5-14-9(12)3/h4-5,8,10H,6-7H2,1-3H3. The third-order valence-electron chi connectivity index (χ3n) is 3.40. The van der Waals surface area contributed by atoms with Gasteiger partial charge in [0.15, 0.2) is 0 Å². The van der Waals surface area contributed by atoms with Crippen molar-refractivity contribution < 1.29 is 8.42 Å². The largest absolute Gasteiger partial charge is 0.268 e. The Kier molecular flexibility index (Phi) is 3.69. The third-order valence-corrected chi connectivity index (χ3v) is 5.70. The van der Waals surface area contributed by atoms with Crippen LogP contribution in [0.15, 0.2) is 16.7 Å². The van der Waals surface area contributed by atoms with Crippen LogP contribution in [0.2, 0.25) is 0 Å². The monoisotopic (exact) mass is 332 g/mol. The highest BCUT2D eigenvalue weighted by molar-refractivity contribution is 9.10. The summed E-state index contributed by atoms with van der Waals surface area (Å²) < 4.78 is 26.7. The van der Waals surface area contributed by atoms with Crippen LogP contribution < -0.4 is 4.31 Å². The normalized spacial score (nSPS) is 22.7. The van der Waals surface area contributed by atoms with Crippen molar-refractivity contribution in [2.24, 2.45) is 11.8 Å². The van der Waals surface area contributed by atoms with E-state index in [1.807, 2.05) is 13.0 Å². The topological polar surface area (TPSA) is 50.3 Å². The lowest BCUT2D eigenvalue weighted by atomic mass is 9.98. The van der Waals surface area contributed by atoms with Crippen LogP contribution >= 0.6 is 15.9 Å². The fraction of sp³-hybridized carbons (Fsp3) is 0.583. The van der Waals surface area contributed by atoms with E-state index in [-0.39, 0.29) is 11.7 Å². The van der Waals surface area contributed by atoms with Crippen LogP contribution in [0.3, 0.4) is 0 Å². The highest BCUT2D eigenvalue weighted by Gasteiger charge is 2.38. The number of aryl methyl sites for hydroxylation is 1. The molecule has 1 aromatic heterocycles. The Balaban J connectivity index is 2.42. The number of aromatic nitrogens is 1. The van der Waals surface area contributed by atoms with E-state index >= 15 is 0 Å². The lowest BCUT2D eigenvalue weighted by molar-refractivity contribution is 0.450. The molecule has 1 aromatic rings. The Morgan fingerprint density at radius 3 is 2.72 bits per heavy atom. The zero-order chi connectivity index (χ0) is 13.5. The Bertz CT molecular complexity index is 557. The summed E-state index contributed by atoms with van der Waals surface area (Å²) in [5.74, 6) is 0.787. The molecule has 1 aliphatic rings. The Hall–Kier alpha value is -0.620. The van der Waals surface area contributed by atoms with Gasteiger partial charge in [0.05, 0.1) is 17.1 Å². The highest BCUT2D eigenvalue weighted by Crippen LogP contribution is 2.33. The zero-order valence-electron chi connectivity index (χ0n) is 10.7. The van der Waals surface area contributed by atoms with Crippen LogP contribution in [-0.4, -0.2) is 25.7 Å². The van der Waals surface area contributed by atoms with Crippen molar-refractivity contribution in [1.82, 2.24) is 4.98 Å². The zero-order valence-corrected chi connectivity index (χ0v) is 13.1. The average Bonchev–Trinajstić information content (AvgIpc) is 2.58. The van der Waals surface area contributed by atoms with Gasteiger partial charge in [-0.15, -0.1) is 0 Å². The number of pyridine rings is 1. The number of nitrogens with zero attached hydrogens (tertiary/aromatic N) is 2. The molecule has 0 N–H and O–H groups in total. The lowest BCUT2D eigenvalue weighted by Crippen LogP contribution is -2.26. The molecule has 1 saturated heterocycles. The van der Waals surface area contributed by atoms with Gasteiger partial charge >= 0.3 is 0 Å². The number of rotatable bonds is 2. The maximum atomic E-state index is 12.2. The van der Waals surface area contributed by atoms with Crippen molar-refractivity contribution in [2.45, 2.75) is 20.8 Å². The first-order valence-electron chi connectivity index (χ1n) is 5.94. The van der Waals surface area contributed by atoms with Crippen LogP contribution in [0.5, 0.6) is 0 Å². The van der Waals surface area contributed by atoms with Gasteiger partial charge in [0, 0.05) is 17.2 Å².